The summed E-state index contributed by atoms with van der Waals surface area (Å²) in [6.45, 7) is 27.0. The number of rotatable bonds is 16. The fraction of sp³-hybridized carbons (Fsp3) is 0.195. The summed E-state index contributed by atoms with van der Waals surface area (Å²) in [4.78, 5) is 4.85. The molecule has 86 heavy (non-hydrogen) atoms. The standard InChI is InChI=1S/C82H82B2N2/c1-13-15-61-17-21-63(22-18-61)75-37-33-71(45-51(75)3)85(69-29-25-65(26-30-69)81-57(9)41-67(83)42-58(81)10)73-35-39-77(53(5)47-73)79-49-56(8)80(50-55(79)7)78-40-36-74(48-54(78)6)86(70-31-27-66(28-32-70)82-59(11)43-68(84)44-60(82)12)72-34-38-76(52(4)46-72)64-23-19-62(16-14-2)20-24-64/h17-50H,13-16,83-84H2,1-12H3. The van der Waals surface area contributed by atoms with Crippen LogP contribution in [-0.4, -0.2) is 15.7 Å². The monoisotopic (exact) mass is 1120 g/mol. The van der Waals surface area contributed by atoms with E-state index in [1.165, 1.54) is 144 Å². The van der Waals surface area contributed by atoms with E-state index in [4.69, 9.17) is 0 Å². The van der Waals surface area contributed by atoms with Crippen molar-refractivity contribution in [3.63, 3.8) is 0 Å². The Morgan fingerprint density at radius 1 is 0.244 bits per heavy atom. The number of aryl methyl sites for hydroxylation is 12. The van der Waals surface area contributed by atoms with Crippen molar-refractivity contribution >= 4 is 60.7 Å². The molecule has 0 fully saturated rings. The molecular weight excluding hydrogens is 1030 g/mol. The Hall–Kier alpha value is -8.85. The predicted octanol–water partition coefficient (Wildman–Crippen LogP) is 20.1. The third-order valence-electron chi connectivity index (χ3n) is 17.8. The zero-order valence-electron chi connectivity index (χ0n) is 53.4. The number of hydrogen-bond donors (Lipinski definition) is 0. The molecule has 11 rings (SSSR count). The molecule has 0 N–H and O–H groups in total. The van der Waals surface area contributed by atoms with Crippen LogP contribution in [0.1, 0.15) is 93.5 Å². The molecule has 2 nitrogen and oxygen atoms in total. The first-order chi connectivity index (χ1) is 41.5. The van der Waals surface area contributed by atoms with Crippen molar-refractivity contribution < 1.29 is 0 Å². The molecule has 11 aromatic carbocycles. The summed E-state index contributed by atoms with van der Waals surface area (Å²) in [6, 6.07) is 78.6. The van der Waals surface area contributed by atoms with Crippen LogP contribution in [0.2, 0.25) is 0 Å². The van der Waals surface area contributed by atoms with Gasteiger partial charge in [-0.3, -0.25) is 0 Å². The Morgan fingerprint density at radius 2 is 0.500 bits per heavy atom. The van der Waals surface area contributed by atoms with Crippen LogP contribution < -0.4 is 20.7 Å². The van der Waals surface area contributed by atoms with Gasteiger partial charge in [-0.15, -0.1) is 0 Å². The topological polar surface area (TPSA) is 6.48 Å². The summed E-state index contributed by atoms with van der Waals surface area (Å²) in [5, 5.41) is 0. The zero-order chi connectivity index (χ0) is 60.5. The first-order valence-corrected chi connectivity index (χ1v) is 31.2. The highest BCUT2D eigenvalue weighted by molar-refractivity contribution is 6.33. The van der Waals surface area contributed by atoms with Crippen molar-refractivity contribution in [3.05, 3.63) is 273 Å². The highest BCUT2D eigenvalue weighted by Crippen LogP contribution is 2.44. The maximum atomic E-state index is 2.43. The van der Waals surface area contributed by atoms with Gasteiger partial charge in [-0.25, -0.2) is 0 Å². The molecule has 0 aliphatic rings. The lowest BCUT2D eigenvalue weighted by Gasteiger charge is -2.28. The maximum absolute atomic E-state index is 2.43. The minimum atomic E-state index is 1.10. The van der Waals surface area contributed by atoms with Gasteiger partial charge in [0.25, 0.3) is 0 Å². The summed E-state index contributed by atoms with van der Waals surface area (Å²) < 4.78 is 0. The quantitative estimate of drug-likeness (QED) is 0.0890. The Kier molecular flexibility index (Phi) is 17.1. The van der Waals surface area contributed by atoms with E-state index in [2.05, 4.69) is 315 Å². The maximum Gasteiger partial charge on any atom is 0.139 e. The van der Waals surface area contributed by atoms with Gasteiger partial charge in [-0.2, -0.15) is 0 Å². The lowest BCUT2D eigenvalue weighted by atomic mass is 9.87. The van der Waals surface area contributed by atoms with Crippen LogP contribution in [0.15, 0.2) is 206 Å². The molecule has 0 radical (unpaired) electrons. The van der Waals surface area contributed by atoms with Crippen molar-refractivity contribution in [2.75, 3.05) is 9.80 Å². The molecule has 0 bridgehead atoms. The van der Waals surface area contributed by atoms with E-state index in [1.807, 2.05) is 0 Å². The van der Waals surface area contributed by atoms with Crippen molar-refractivity contribution in [1.82, 2.24) is 0 Å². The fourth-order valence-corrected chi connectivity index (χ4v) is 13.8. The Bertz CT molecular complexity index is 3980. The van der Waals surface area contributed by atoms with Crippen LogP contribution in [0.25, 0.3) is 66.8 Å². The van der Waals surface area contributed by atoms with Crippen molar-refractivity contribution in [2.45, 2.75) is 109 Å². The zero-order valence-corrected chi connectivity index (χ0v) is 53.4. The van der Waals surface area contributed by atoms with Crippen LogP contribution in [0.5, 0.6) is 0 Å². The first-order valence-electron chi connectivity index (χ1n) is 31.2. The van der Waals surface area contributed by atoms with E-state index in [9.17, 15) is 0 Å². The molecule has 11 aromatic rings. The Labute approximate surface area is 516 Å². The summed E-state index contributed by atoms with van der Waals surface area (Å²) in [7, 11) is 4.37. The second-order valence-electron chi connectivity index (χ2n) is 24.7. The normalized spacial score (nSPS) is 11.3. The van der Waals surface area contributed by atoms with E-state index in [-0.39, 0.29) is 0 Å². The molecule has 0 aliphatic carbocycles. The third kappa shape index (κ3) is 12.1. The van der Waals surface area contributed by atoms with Gasteiger partial charge in [0.05, 0.1) is 0 Å². The average Bonchev–Trinajstić information content (AvgIpc) is 1.88. The summed E-state index contributed by atoms with van der Waals surface area (Å²) in [5.41, 5.74) is 40.0. The molecule has 0 saturated carbocycles. The molecule has 0 unspecified atom stereocenters. The second kappa shape index (κ2) is 25.0. The highest BCUT2D eigenvalue weighted by Gasteiger charge is 2.21. The third-order valence-corrected chi connectivity index (χ3v) is 17.8. The molecule has 0 saturated heterocycles. The van der Waals surface area contributed by atoms with E-state index in [0.717, 1.165) is 59.8 Å². The number of benzene rings is 11. The highest BCUT2D eigenvalue weighted by atomic mass is 15.1. The van der Waals surface area contributed by atoms with Crippen molar-refractivity contribution in [3.8, 4) is 66.8 Å². The Balaban J connectivity index is 0.928. The van der Waals surface area contributed by atoms with Crippen LogP contribution in [0, 0.1) is 69.2 Å². The molecule has 0 heterocycles. The van der Waals surface area contributed by atoms with E-state index < -0.39 is 0 Å². The Morgan fingerprint density at radius 3 is 0.779 bits per heavy atom. The van der Waals surface area contributed by atoms with E-state index >= 15 is 0 Å². The molecular formula is C82H82B2N2. The first kappa shape index (κ1) is 58.9. The minimum Gasteiger partial charge on any atom is -0.310 e. The second-order valence-corrected chi connectivity index (χ2v) is 24.7. The van der Waals surface area contributed by atoms with Gasteiger partial charge >= 0.3 is 0 Å². The van der Waals surface area contributed by atoms with Crippen LogP contribution >= 0.6 is 0 Å². The van der Waals surface area contributed by atoms with Gasteiger partial charge in [0.2, 0.25) is 0 Å². The number of hydrogen-bond acceptors (Lipinski definition) is 2. The smallest absolute Gasteiger partial charge is 0.139 e. The van der Waals surface area contributed by atoms with Gasteiger partial charge < -0.3 is 9.80 Å². The SMILES string of the molecule is Bc1cc(C)c(-c2ccc(N(c3ccc(-c4ccc(CCC)cc4)c(C)c3)c3ccc(-c4cc(C)c(-c5ccc(N(c6ccc(-c7c(C)cc(B)cc7C)cc6)c6ccc(-c7ccc(CCC)cc7)c(C)c6)cc5C)cc4C)c(C)c3)cc2)c(C)c1. The fourth-order valence-electron chi connectivity index (χ4n) is 13.8. The van der Waals surface area contributed by atoms with Crippen molar-refractivity contribution in [2.24, 2.45) is 0 Å². The molecule has 0 amide bonds. The molecule has 0 spiro atoms. The molecule has 4 heteroatoms. The molecule has 0 atom stereocenters. The molecule has 0 aliphatic heterocycles. The van der Waals surface area contributed by atoms with Crippen molar-refractivity contribution in [1.29, 1.82) is 0 Å². The number of anilines is 6. The summed E-state index contributed by atoms with van der Waals surface area (Å²) in [6.07, 6.45) is 4.50. The van der Waals surface area contributed by atoms with Gasteiger partial charge in [0, 0.05) is 34.1 Å². The molecule has 0 aromatic heterocycles. The van der Waals surface area contributed by atoms with Crippen LogP contribution in [0.3, 0.4) is 0 Å². The van der Waals surface area contributed by atoms with E-state index in [0.29, 0.717) is 0 Å². The van der Waals surface area contributed by atoms with Crippen LogP contribution in [-0.2, 0) is 12.8 Å². The lowest BCUT2D eigenvalue weighted by Crippen LogP contribution is -2.11. The average molecular weight is 1120 g/mol. The summed E-state index contributed by atoms with van der Waals surface area (Å²) in [5.74, 6) is 0. The molecule has 426 valence electrons. The van der Waals surface area contributed by atoms with Gasteiger partial charge in [0.1, 0.15) is 15.7 Å². The van der Waals surface area contributed by atoms with E-state index in [1.54, 1.807) is 0 Å². The number of nitrogens with zero attached hydrogens (tertiary/aromatic N) is 2. The van der Waals surface area contributed by atoms with Gasteiger partial charge in [-0.1, -0.05) is 171 Å². The summed E-state index contributed by atoms with van der Waals surface area (Å²) >= 11 is 0. The van der Waals surface area contributed by atoms with Crippen LogP contribution in [0.4, 0.5) is 34.1 Å². The predicted molar refractivity (Wildman–Crippen MR) is 380 cm³/mol. The minimum absolute atomic E-state index is 1.10. The van der Waals surface area contributed by atoms with Gasteiger partial charge in [-0.05, 0) is 288 Å². The lowest BCUT2D eigenvalue weighted by molar-refractivity contribution is 0.922. The van der Waals surface area contributed by atoms with Gasteiger partial charge in [0.15, 0.2) is 0 Å². The largest absolute Gasteiger partial charge is 0.310 e.